The Balaban J connectivity index is 0.000000671. The minimum atomic E-state index is -0.242. The van der Waals surface area contributed by atoms with E-state index in [1.807, 2.05) is 6.79 Å². The molecule has 2 atom stereocenters. The summed E-state index contributed by atoms with van der Waals surface area (Å²) in [6.07, 6.45) is 1.89. The van der Waals surface area contributed by atoms with Crippen molar-refractivity contribution in [2.45, 2.75) is 32.8 Å². The van der Waals surface area contributed by atoms with Crippen molar-refractivity contribution in [1.82, 2.24) is 0 Å². The molecule has 1 rings (SSSR count). The van der Waals surface area contributed by atoms with Gasteiger partial charge in [-0.25, -0.2) is 0 Å². The van der Waals surface area contributed by atoms with E-state index in [2.05, 4.69) is 13.8 Å². The van der Waals surface area contributed by atoms with E-state index in [0.717, 1.165) is 13.0 Å². The lowest BCUT2D eigenvalue weighted by Crippen LogP contribution is -2.21. The van der Waals surface area contributed by atoms with Crippen molar-refractivity contribution in [1.29, 1.82) is 0 Å². The summed E-state index contributed by atoms with van der Waals surface area (Å²) in [6, 6.07) is 0. The molecule has 0 spiro atoms. The number of carbonyl (C=O) groups is 1. The fourth-order valence-electron chi connectivity index (χ4n) is 1.83. The van der Waals surface area contributed by atoms with E-state index >= 15 is 0 Å². The van der Waals surface area contributed by atoms with Crippen LogP contribution in [-0.2, 0) is 9.53 Å². The van der Waals surface area contributed by atoms with E-state index in [0.29, 0.717) is 18.3 Å². The molecule has 0 aromatic carbocycles. The van der Waals surface area contributed by atoms with Crippen LogP contribution in [0.15, 0.2) is 0 Å². The molecule has 0 aromatic heterocycles. The van der Waals surface area contributed by atoms with E-state index in [-0.39, 0.29) is 12.8 Å². The Morgan fingerprint density at radius 1 is 1.54 bits per heavy atom. The van der Waals surface area contributed by atoms with Crippen molar-refractivity contribution in [3.63, 3.8) is 0 Å². The Labute approximate surface area is 79.5 Å². The zero-order chi connectivity index (χ0) is 10.3. The van der Waals surface area contributed by atoms with Gasteiger partial charge in [0.25, 0.3) is 0 Å². The normalized spacial score (nSPS) is 27.1. The van der Waals surface area contributed by atoms with E-state index in [1.165, 1.54) is 0 Å². The van der Waals surface area contributed by atoms with Gasteiger partial charge in [-0.05, 0) is 18.3 Å². The lowest BCUT2D eigenvalue weighted by atomic mass is 9.88. The predicted octanol–water partition coefficient (Wildman–Crippen LogP) is 2.22. The lowest BCUT2D eigenvalue weighted by Gasteiger charge is -2.20. The van der Waals surface area contributed by atoms with Gasteiger partial charge in [-0.3, -0.25) is 4.39 Å². The molecule has 0 bridgehead atoms. The molecule has 13 heavy (non-hydrogen) atoms. The van der Waals surface area contributed by atoms with Gasteiger partial charge >= 0.3 is 0 Å². The molecule has 0 N–H and O–H groups in total. The van der Waals surface area contributed by atoms with Crippen molar-refractivity contribution in [3.8, 4) is 0 Å². The minimum absolute atomic E-state index is 0.194. The van der Waals surface area contributed by atoms with Crippen molar-refractivity contribution in [2.75, 3.05) is 13.3 Å². The van der Waals surface area contributed by atoms with Gasteiger partial charge in [0.2, 0.25) is 0 Å². The first-order valence-electron chi connectivity index (χ1n) is 4.72. The smallest absolute Gasteiger partial charge is 0.106 e. The number of hydrogen-bond acceptors (Lipinski definition) is 2. The first-order chi connectivity index (χ1) is 6.25. The van der Waals surface area contributed by atoms with Crippen LogP contribution in [0.25, 0.3) is 0 Å². The molecule has 1 fully saturated rings. The van der Waals surface area contributed by atoms with Crippen LogP contribution in [0.4, 0.5) is 4.39 Å². The van der Waals surface area contributed by atoms with Crippen LogP contribution < -0.4 is 0 Å². The van der Waals surface area contributed by atoms with Gasteiger partial charge in [0.15, 0.2) is 0 Å². The average Bonchev–Trinajstić information content (AvgIpc) is 2.57. The number of carbonyl (C=O) groups excluding carboxylic acids is 1. The maximum absolute atomic E-state index is 12.0. The molecule has 1 saturated heterocycles. The summed E-state index contributed by atoms with van der Waals surface area (Å²) in [7, 11) is 0. The van der Waals surface area contributed by atoms with E-state index < -0.39 is 0 Å². The molecule has 78 valence electrons. The molecule has 0 radical (unpaired) electrons. The third-order valence-corrected chi connectivity index (χ3v) is 2.51. The third-order valence-electron chi connectivity index (χ3n) is 2.51. The number of ether oxygens (including phenoxy) is 1. The largest absolute Gasteiger partial charge is 0.378 e. The number of alkyl halides is 1. The maximum Gasteiger partial charge on any atom is 0.106 e. The van der Waals surface area contributed by atoms with Crippen LogP contribution in [0.2, 0.25) is 0 Å². The monoisotopic (exact) mass is 190 g/mol. The predicted molar refractivity (Wildman–Crippen MR) is 50.4 cm³/mol. The topological polar surface area (TPSA) is 26.3 Å². The highest BCUT2D eigenvalue weighted by molar-refractivity contribution is 5.10. The molecule has 2 nitrogen and oxygen atoms in total. The summed E-state index contributed by atoms with van der Waals surface area (Å²) in [4.78, 5) is 8.00. The Bertz CT molecular complexity index is 128. The van der Waals surface area contributed by atoms with Crippen molar-refractivity contribution >= 4 is 6.79 Å². The molecule has 0 saturated carbocycles. The molecule has 0 aromatic rings. The molecular weight excluding hydrogens is 171 g/mol. The second-order valence-corrected chi connectivity index (χ2v) is 3.58. The number of hydrogen-bond donors (Lipinski definition) is 0. The highest BCUT2D eigenvalue weighted by Crippen LogP contribution is 2.29. The zero-order valence-corrected chi connectivity index (χ0v) is 8.46. The fraction of sp³-hybridized carbons (Fsp3) is 0.900. The summed E-state index contributed by atoms with van der Waals surface area (Å²) < 4.78 is 17.4. The van der Waals surface area contributed by atoms with Gasteiger partial charge < -0.3 is 9.53 Å². The van der Waals surface area contributed by atoms with Crippen LogP contribution in [0, 0.1) is 11.8 Å². The standard InChI is InChI=1S/C9H17FO.CH2O/c1-7(2)8-4-6-11-9(8)3-5-10;1-2/h7-9H,3-6H2,1-2H3;1H2. The lowest BCUT2D eigenvalue weighted by molar-refractivity contribution is -0.0979. The van der Waals surface area contributed by atoms with Crippen LogP contribution in [0.1, 0.15) is 26.7 Å². The van der Waals surface area contributed by atoms with Gasteiger partial charge in [0.1, 0.15) is 6.79 Å². The first kappa shape index (κ1) is 12.6. The Hall–Kier alpha value is -0.440. The van der Waals surface area contributed by atoms with Gasteiger partial charge in [-0.15, -0.1) is 0 Å². The quantitative estimate of drug-likeness (QED) is 0.682. The minimum Gasteiger partial charge on any atom is -0.378 e. The SMILES string of the molecule is C=O.CC(C)C1CCOC1CCF. The average molecular weight is 190 g/mol. The summed E-state index contributed by atoms with van der Waals surface area (Å²) in [5.41, 5.74) is 0. The van der Waals surface area contributed by atoms with Gasteiger partial charge in [-0.1, -0.05) is 13.8 Å². The van der Waals surface area contributed by atoms with Gasteiger partial charge in [0, 0.05) is 13.0 Å². The number of halogens is 1. The molecule has 1 heterocycles. The van der Waals surface area contributed by atoms with E-state index in [4.69, 9.17) is 9.53 Å². The molecule has 1 aliphatic heterocycles. The zero-order valence-electron chi connectivity index (χ0n) is 8.46. The molecule has 0 amide bonds. The molecular formula is C10H19FO2. The maximum atomic E-state index is 12.0. The van der Waals surface area contributed by atoms with E-state index in [9.17, 15) is 4.39 Å². The highest BCUT2D eigenvalue weighted by atomic mass is 19.1. The Kier molecular flexibility index (Phi) is 6.77. The highest BCUT2D eigenvalue weighted by Gasteiger charge is 2.29. The van der Waals surface area contributed by atoms with Gasteiger partial charge in [0.05, 0.1) is 12.8 Å². The van der Waals surface area contributed by atoms with Crippen molar-refractivity contribution < 1.29 is 13.9 Å². The summed E-state index contributed by atoms with van der Waals surface area (Å²) >= 11 is 0. The molecule has 1 aliphatic rings. The molecule has 0 aliphatic carbocycles. The molecule has 3 heteroatoms. The number of rotatable bonds is 3. The van der Waals surface area contributed by atoms with Crippen LogP contribution >= 0.6 is 0 Å². The van der Waals surface area contributed by atoms with Crippen molar-refractivity contribution in [2.24, 2.45) is 11.8 Å². The summed E-state index contributed by atoms with van der Waals surface area (Å²) in [6.45, 7) is 6.95. The van der Waals surface area contributed by atoms with Crippen molar-refractivity contribution in [3.05, 3.63) is 0 Å². The van der Waals surface area contributed by atoms with Crippen LogP contribution in [-0.4, -0.2) is 26.2 Å². The fourth-order valence-corrected chi connectivity index (χ4v) is 1.83. The Morgan fingerprint density at radius 3 is 2.62 bits per heavy atom. The summed E-state index contributed by atoms with van der Waals surface area (Å²) in [5.74, 6) is 1.22. The first-order valence-corrected chi connectivity index (χ1v) is 4.72. The van der Waals surface area contributed by atoms with Gasteiger partial charge in [-0.2, -0.15) is 0 Å². The van der Waals surface area contributed by atoms with Crippen LogP contribution in [0.5, 0.6) is 0 Å². The van der Waals surface area contributed by atoms with E-state index in [1.54, 1.807) is 0 Å². The second-order valence-electron chi connectivity index (χ2n) is 3.58. The summed E-state index contributed by atoms with van der Waals surface area (Å²) in [5, 5.41) is 0. The molecule has 2 unspecified atom stereocenters. The second kappa shape index (κ2) is 7.01. The Morgan fingerprint density at radius 2 is 2.15 bits per heavy atom. The third kappa shape index (κ3) is 3.85. The van der Waals surface area contributed by atoms with Crippen LogP contribution in [0.3, 0.4) is 0 Å².